The Kier molecular flexibility index (Phi) is 20.5. The highest BCUT2D eigenvalue weighted by atomic mass is 16.6. The maximum absolute atomic E-state index is 13.6. The molecule has 4 atom stereocenters. The van der Waals surface area contributed by atoms with E-state index in [-0.39, 0.29) is 50.3 Å². The van der Waals surface area contributed by atoms with Gasteiger partial charge in [0.1, 0.15) is 29.3 Å². The molecule has 2 saturated heterocycles. The Morgan fingerprint density at radius 1 is 0.596 bits per heavy atom. The van der Waals surface area contributed by atoms with Gasteiger partial charge in [-0.1, -0.05) is 12.1 Å². The standard InChI is InChI=1S/C37H49N5O6.C32H44N4O5/c1-24-34(47-23-39-24)22-46-31-12-11-25-18-32(42(21-27(25)17-31)36(45)48-37(2,3)4)33(43)20-38-35(44)26-15-29(40-28-9-8-10-28)19-30(16-26)41-13-6-5-7-14-41;1-32(2,3)41-31(40)36-20-23-16-27(37)11-10-21(23)17-28(36)29(38)19-33-30(39)22-14-25(34-24-8-7-9-24)18-26(15-22)35-12-5-4-6-13-35/h11-12,15-17,19,23,28,32-33,40,43H,5-10,13-14,18,20-22H2,1-4H3,(H,38,44);10-11,14-16,18,24,28-29,34,37-38H,4-9,12-13,17,19-20H2,1-3H3,(H,33,39)/t32-,33+;28-,29+/m00/s1. The first-order chi connectivity index (χ1) is 42.6. The van der Waals surface area contributed by atoms with Crippen LogP contribution in [-0.4, -0.2) is 141 Å². The van der Waals surface area contributed by atoms with E-state index in [0.717, 1.165) is 128 Å². The molecule has 4 amide bonds. The molecule has 2 aliphatic carbocycles. The predicted molar refractivity (Wildman–Crippen MR) is 343 cm³/mol. The second kappa shape index (κ2) is 28.4. The highest BCUT2D eigenvalue weighted by Crippen LogP contribution is 2.35. The fourth-order valence-electron chi connectivity index (χ4n) is 12.4. The summed E-state index contributed by atoms with van der Waals surface area (Å²) in [5.41, 5.74) is 8.10. The summed E-state index contributed by atoms with van der Waals surface area (Å²) in [7, 11) is 0. The number of fused-ring (bicyclic) bond motifs is 2. The molecular weight excluding hydrogens is 1130 g/mol. The fourth-order valence-corrected chi connectivity index (χ4v) is 12.4. The van der Waals surface area contributed by atoms with Gasteiger partial charge in [-0.2, -0.15) is 0 Å². The summed E-state index contributed by atoms with van der Waals surface area (Å²) in [6.07, 6.45) is 13.1. The number of aromatic nitrogens is 1. The van der Waals surface area contributed by atoms with E-state index >= 15 is 0 Å². The molecule has 480 valence electrons. The molecule has 20 nitrogen and oxygen atoms in total. The number of anilines is 4. The molecule has 89 heavy (non-hydrogen) atoms. The zero-order valence-electron chi connectivity index (χ0n) is 53.1. The number of rotatable bonds is 17. The predicted octanol–water partition coefficient (Wildman–Crippen LogP) is 10.8. The first-order valence-electron chi connectivity index (χ1n) is 32.3. The third-order valence-corrected chi connectivity index (χ3v) is 17.8. The lowest BCUT2D eigenvalue weighted by Crippen LogP contribution is -2.54. The van der Waals surface area contributed by atoms with Gasteiger partial charge in [-0.3, -0.25) is 19.4 Å². The third kappa shape index (κ3) is 17.2. The summed E-state index contributed by atoms with van der Waals surface area (Å²) in [6, 6.07) is 22.5. The van der Waals surface area contributed by atoms with Crippen LogP contribution in [0.4, 0.5) is 32.3 Å². The van der Waals surface area contributed by atoms with Gasteiger partial charge in [0.05, 0.1) is 30.0 Å². The number of piperidine rings is 2. The van der Waals surface area contributed by atoms with Gasteiger partial charge in [-0.05, 0) is 221 Å². The number of benzene rings is 4. The van der Waals surface area contributed by atoms with Crippen molar-refractivity contribution in [3.8, 4) is 11.5 Å². The SMILES string of the molecule is CC(C)(C)OC(=O)N1Cc2cc(O)ccc2C[C@H]1[C@H](O)CNC(=O)c1cc(NC2CCC2)cc(N2CCCCC2)c1.Cc1ncoc1COc1ccc2c(c1)CN(C(=O)OC(C)(C)C)[C@H]([C@H](O)CNC(=O)c1cc(NC3CCC3)cc(N3CCCCC3)c1)C2. The summed E-state index contributed by atoms with van der Waals surface area (Å²) in [5.74, 6) is 0.894. The van der Waals surface area contributed by atoms with E-state index in [1.165, 1.54) is 37.0 Å². The number of oxazole rings is 1. The Hall–Kier alpha value is -7.71. The molecule has 0 radical (unpaired) electrons. The normalized spacial score (nSPS) is 19.4. The van der Waals surface area contributed by atoms with Crippen molar-refractivity contribution >= 4 is 46.8 Å². The number of phenolic OH excluding ortho intramolecular Hbond substituents is 1. The van der Waals surface area contributed by atoms with Crippen molar-refractivity contribution in [1.29, 1.82) is 0 Å². The first kappa shape index (κ1) is 64.3. The number of hydrogen-bond acceptors (Lipinski definition) is 16. The molecule has 20 heteroatoms. The van der Waals surface area contributed by atoms with Crippen LogP contribution >= 0.6 is 0 Å². The van der Waals surface area contributed by atoms with E-state index in [1.807, 2.05) is 76.2 Å². The highest BCUT2D eigenvalue weighted by Gasteiger charge is 2.39. The van der Waals surface area contributed by atoms with Crippen LogP contribution in [0, 0.1) is 6.92 Å². The molecule has 1 aromatic heterocycles. The van der Waals surface area contributed by atoms with Crippen molar-refractivity contribution in [2.45, 2.75) is 206 Å². The lowest BCUT2D eigenvalue weighted by molar-refractivity contribution is -0.0118. The number of aliphatic hydroxyl groups is 2. The Labute approximate surface area is 524 Å². The maximum atomic E-state index is 13.6. The average Bonchev–Trinajstić information content (AvgIpc) is 3.23. The zero-order valence-corrected chi connectivity index (χ0v) is 53.1. The van der Waals surface area contributed by atoms with Crippen molar-refractivity contribution in [2.24, 2.45) is 0 Å². The van der Waals surface area contributed by atoms with E-state index in [9.17, 15) is 34.5 Å². The van der Waals surface area contributed by atoms with E-state index in [4.69, 9.17) is 18.6 Å². The molecule has 0 spiro atoms. The highest BCUT2D eigenvalue weighted by molar-refractivity contribution is 5.97. The van der Waals surface area contributed by atoms with E-state index in [0.29, 0.717) is 47.6 Å². The summed E-state index contributed by atoms with van der Waals surface area (Å²) in [6.45, 7) is 17.2. The Morgan fingerprint density at radius 3 is 1.48 bits per heavy atom. The molecule has 4 aromatic carbocycles. The molecule has 0 bridgehead atoms. The van der Waals surface area contributed by atoms with Crippen LogP contribution < -0.4 is 35.8 Å². The number of ether oxygens (including phenoxy) is 3. The van der Waals surface area contributed by atoms with Gasteiger partial charge in [0.15, 0.2) is 12.2 Å². The maximum Gasteiger partial charge on any atom is 0.410 e. The summed E-state index contributed by atoms with van der Waals surface area (Å²) >= 11 is 0. The average molecular weight is 1220 g/mol. The molecule has 11 rings (SSSR count). The fraction of sp³-hybridized carbons (Fsp3) is 0.551. The van der Waals surface area contributed by atoms with Crippen molar-refractivity contribution in [1.82, 2.24) is 25.4 Å². The number of nitrogens with one attached hydrogen (secondary N) is 4. The Balaban J connectivity index is 0.000000199. The van der Waals surface area contributed by atoms with Crippen molar-refractivity contribution < 1.29 is 53.1 Å². The largest absolute Gasteiger partial charge is 0.508 e. The van der Waals surface area contributed by atoms with Crippen molar-refractivity contribution in [2.75, 3.05) is 59.7 Å². The lowest BCUT2D eigenvalue weighted by Gasteiger charge is -2.40. The number of nitrogens with zero attached hydrogens (tertiary/aromatic N) is 5. The van der Waals surface area contributed by atoms with Gasteiger partial charge in [0, 0.05) is 98.3 Å². The molecule has 5 aromatic rings. The van der Waals surface area contributed by atoms with Crippen LogP contribution in [-0.2, 0) is 42.0 Å². The van der Waals surface area contributed by atoms with Gasteiger partial charge >= 0.3 is 12.2 Å². The van der Waals surface area contributed by atoms with Crippen LogP contribution in [0.5, 0.6) is 11.5 Å². The number of aryl methyl sites for hydroxylation is 1. The van der Waals surface area contributed by atoms with Gasteiger partial charge in [-0.15, -0.1) is 0 Å². The molecule has 5 heterocycles. The van der Waals surface area contributed by atoms with Crippen LogP contribution in [0.1, 0.15) is 173 Å². The molecule has 6 aliphatic rings. The first-order valence-corrected chi connectivity index (χ1v) is 32.3. The number of carbonyl (C=O) groups is 4. The van der Waals surface area contributed by atoms with Gasteiger partial charge in [0.2, 0.25) is 0 Å². The Morgan fingerprint density at radius 2 is 1.06 bits per heavy atom. The number of amides is 4. The molecule has 2 saturated carbocycles. The van der Waals surface area contributed by atoms with Gasteiger partial charge in [-0.25, -0.2) is 14.6 Å². The topological polar surface area (TPSA) is 244 Å². The summed E-state index contributed by atoms with van der Waals surface area (Å²) in [4.78, 5) is 65.5. The lowest BCUT2D eigenvalue weighted by atomic mass is 9.91. The number of carbonyl (C=O) groups excluding carboxylic acids is 4. The minimum Gasteiger partial charge on any atom is -0.508 e. The quantitative estimate of drug-likeness (QED) is 0.0458. The zero-order chi connectivity index (χ0) is 63.0. The Bertz CT molecular complexity index is 3260. The summed E-state index contributed by atoms with van der Waals surface area (Å²) < 4.78 is 22.8. The minimum atomic E-state index is -1.03. The van der Waals surface area contributed by atoms with Gasteiger partial charge in [0.25, 0.3) is 11.8 Å². The van der Waals surface area contributed by atoms with Gasteiger partial charge < -0.3 is 65.0 Å². The van der Waals surface area contributed by atoms with Crippen LogP contribution in [0.25, 0.3) is 0 Å². The third-order valence-electron chi connectivity index (χ3n) is 17.8. The molecule has 7 N–H and O–H groups in total. The van der Waals surface area contributed by atoms with Crippen LogP contribution in [0.15, 0.2) is 83.6 Å². The molecule has 0 unspecified atom stereocenters. The summed E-state index contributed by atoms with van der Waals surface area (Å²) in [5, 5.41) is 45.9. The molecular formula is C69H93N9O11. The van der Waals surface area contributed by atoms with E-state index in [1.54, 1.807) is 37.8 Å². The number of phenols is 1. The number of aromatic hydroxyl groups is 1. The van der Waals surface area contributed by atoms with Crippen molar-refractivity contribution in [3.05, 3.63) is 124 Å². The minimum absolute atomic E-state index is 0.0183. The van der Waals surface area contributed by atoms with Crippen LogP contribution in [0.2, 0.25) is 0 Å². The molecule has 4 aliphatic heterocycles. The van der Waals surface area contributed by atoms with E-state index < -0.39 is 47.7 Å². The second-order valence-corrected chi connectivity index (χ2v) is 27.0. The smallest absolute Gasteiger partial charge is 0.410 e. The molecule has 4 fully saturated rings. The number of hydrogen-bond donors (Lipinski definition) is 7. The van der Waals surface area contributed by atoms with Crippen molar-refractivity contribution in [3.63, 3.8) is 0 Å². The second-order valence-electron chi connectivity index (χ2n) is 27.0. The van der Waals surface area contributed by atoms with Crippen LogP contribution in [0.3, 0.4) is 0 Å². The monoisotopic (exact) mass is 1220 g/mol. The van der Waals surface area contributed by atoms with E-state index in [2.05, 4.69) is 48.2 Å². The number of aliphatic hydroxyl groups excluding tert-OH is 2.